The number of hydrogen-bond acceptors (Lipinski definition) is 6. The van der Waals surface area contributed by atoms with E-state index in [2.05, 4.69) is 15.1 Å². The zero-order chi connectivity index (χ0) is 14.1. The first-order valence-corrected chi connectivity index (χ1v) is 5.73. The fourth-order valence-corrected chi connectivity index (χ4v) is 2.15. The van der Waals surface area contributed by atoms with E-state index in [9.17, 15) is 0 Å². The molecule has 0 saturated heterocycles. The summed E-state index contributed by atoms with van der Waals surface area (Å²) in [5.41, 5.74) is 3.18. The van der Waals surface area contributed by atoms with Crippen molar-refractivity contribution in [1.82, 2.24) is 9.97 Å². The Bertz CT molecular complexity index is 826. The van der Waals surface area contributed by atoms with Gasteiger partial charge in [0.2, 0.25) is 0 Å². The van der Waals surface area contributed by atoms with Crippen LogP contribution in [0.4, 0.5) is 0 Å². The lowest BCUT2D eigenvalue weighted by Crippen LogP contribution is -2.05. The van der Waals surface area contributed by atoms with E-state index in [0.29, 0.717) is 17.1 Å². The molecule has 0 amide bonds. The van der Waals surface area contributed by atoms with Gasteiger partial charge in [-0.3, -0.25) is 0 Å². The molecular weight excluding hydrogens is 254 g/mol. The maximum atomic E-state index is 9.04. The number of hydrogen-bond donors (Lipinski definition) is 0. The van der Waals surface area contributed by atoms with Gasteiger partial charge in [0.15, 0.2) is 11.4 Å². The average molecular weight is 261 g/mol. The van der Waals surface area contributed by atoms with Crippen molar-refractivity contribution in [1.29, 1.82) is 10.5 Å². The average Bonchev–Trinajstić information content (AvgIpc) is 2.80. The van der Waals surface area contributed by atoms with Gasteiger partial charge >= 0.3 is 0 Å². The summed E-state index contributed by atoms with van der Waals surface area (Å²) in [5, 5.41) is 22.0. The molecular formula is C14H7N5O. The lowest BCUT2D eigenvalue weighted by Gasteiger charge is -2.00. The SMILES string of the molecule is CON=C1c2ccccc2-c2nc(C#N)c(C#N)nc21. The minimum Gasteiger partial charge on any atom is -0.399 e. The summed E-state index contributed by atoms with van der Waals surface area (Å²) in [4.78, 5) is 13.3. The number of fused-ring (bicyclic) bond motifs is 3. The number of nitrogens with zero attached hydrogens (tertiary/aromatic N) is 5. The van der Waals surface area contributed by atoms with E-state index in [4.69, 9.17) is 15.4 Å². The van der Waals surface area contributed by atoms with Crippen LogP contribution in [-0.4, -0.2) is 22.8 Å². The van der Waals surface area contributed by atoms with Gasteiger partial charge in [0.1, 0.15) is 36.3 Å². The Balaban J connectivity index is 2.38. The van der Waals surface area contributed by atoms with E-state index in [1.165, 1.54) is 7.11 Å². The highest BCUT2D eigenvalue weighted by Crippen LogP contribution is 2.34. The molecule has 0 aliphatic heterocycles. The smallest absolute Gasteiger partial charge is 0.177 e. The highest BCUT2D eigenvalue weighted by Gasteiger charge is 2.30. The van der Waals surface area contributed by atoms with Crippen molar-refractivity contribution in [2.24, 2.45) is 5.16 Å². The Labute approximate surface area is 114 Å². The van der Waals surface area contributed by atoms with E-state index in [1.54, 1.807) is 0 Å². The molecule has 1 heterocycles. The van der Waals surface area contributed by atoms with E-state index in [1.807, 2.05) is 36.4 Å². The second-order valence-corrected chi connectivity index (χ2v) is 4.01. The largest absolute Gasteiger partial charge is 0.399 e. The Morgan fingerprint density at radius 3 is 2.20 bits per heavy atom. The minimum atomic E-state index is -0.0112. The summed E-state index contributed by atoms with van der Waals surface area (Å²) >= 11 is 0. The van der Waals surface area contributed by atoms with Gasteiger partial charge in [0, 0.05) is 11.1 Å². The first kappa shape index (κ1) is 11.8. The third-order valence-corrected chi connectivity index (χ3v) is 2.95. The van der Waals surface area contributed by atoms with Crippen molar-refractivity contribution in [3.63, 3.8) is 0 Å². The summed E-state index contributed by atoms with van der Waals surface area (Å²) < 4.78 is 0. The van der Waals surface area contributed by atoms with Gasteiger partial charge in [-0.2, -0.15) is 10.5 Å². The van der Waals surface area contributed by atoms with Crippen LogP contribution in [0.2, 0.25) is 0 Å². The van der Waals surface area contributed by atoms with Crippen LogP contribution >= 0.6 is 0 Å². The second kappa shape index (κ2) is 4.45. The van der Waals surface area contributed by atoms with Crippen molar-refractivity contribution in [3.05, 3.63) is 46.9 Å². The molecule has 6 heteroatoms. The van der Waals surface area contributed by atoms with Gasteiger partial charge in [-0.15, -0.1) is 0 Å². The molecule has 0 unspecified atom stereocenters. The summed E-state index contributed by atoms with van der Waals surface area (Å²) in [6.45, 7) is 0. The third kappa shape index (κ3) is 1.53. The van der Waals surface area contributed by atoms with Crippen LogP contribution < -0.4 is 0 Å². The number of benzene rings is 1. The molecule has 3 rings (SSSR count). The summed E-state index contributed by atoms with van der Waals surface area (Å²) in [5.74, 6) is 0. The first-order chi connectivity index (χ1) is 9.80. The predicted molar refractivity (Wildman–Crippen MR) is 69.5 cm³/mol. The number of aromatic nitrogens is 2. The van der Waals surface area contributed by atoms with Crippen molar-refractivity contribution >= 4 is 5.71 Å². The lowest BCUT2D eigenvalue weighted by atomic mass is 10.1. The zero-order valence-corrected chi connectivity index (χ0v) is 10.5. The first-order valence-electron chi connectivity index (χ1n) is 5.73. The number of nitriles is 2. The Hall–Kier alpha value is -3.25. The quantitative estimate of drug-likeness (QED) is 0.620. The van der Waals surface area contributed by atoms with Crippen LogP contribution in [0.1, 0.15) is 22.6 Å². The molecule has 0 radical (unpaired) electrons. The van der Waals surface area contributed by atoms with Crippen LogP contribution in [0.15, 0.2) is 29.4 Å². The normalized spacial score (nSPS) is 13.2. The van der Waals surface area contributed by atoms with E-state index < -0.39 is 0 Å². The molecule has 1 aliphatic rings. The van der Waals surface area contributed by atoms with E-state index in [-0.39, 0.29) is 11.4 Å². The van der Waals surface area contributed by atoms with Crippen LogP contribution in [-0.2, 0) is 4.84 Å². The number of rotatable bonds is 1. The Morgan fingerprint density at radius 1 is 1.00 bits per heavy atom. The molecule has 0 spiro atoms. The molecule has 2 aromatic rings. The number of oxime groups is 1. The standard InChI is InChI=1S/C14H7N5O/c1-20-19-13-9-5-3-2-4-8(9)12-14(13)18-11(7-16)10(6-15)17-12/h2-5H,1H3. The van der Waals surface area contributed by atoms with Crippen molar-refractivity contribution < 1.29 is 4.84 Å². The summed E-state index contributed by atoms with van der Waals surface area (Å²) in [7, 11) is 1.44. The van der Waals surface area contributed by atoms with Gasteiger partial charge in [-0.1, -0.05) is 29.4 Å². The maximum Gasteiger partial charge on any atom is 0.177 e. The molecule has 0 fully saturated rings. The molecule has 0 bridgehead atoms. The third-order valence-electron chi connectivity index (χ3n) is 2.95. The van der Waals surface area contributed by atoms with Gasteiger partial charge in [0.25, 0.3) is 0 Å². The lowest BCUT2D eigenvalue weighted by molar-refractivity contribution is 0.214. The Morgan fingerprint density at radius 2 is 1.60 bits per heavy atom. The van der Waals surface area contributed by atoms with Gasteiger partial charge in [-0.05, 0) is 0 Å². The molecule has 1 aromatic heterocycles. The van der Waals surface area contributed by atoms with Gasteiger partial charge in [-0.25, -0.2) is 9.97 Å². The van der Waals surface area contributed by atoms with Crippen LogP contribution in [0, 0.1) is 22.7 Å². The van der Waals surface area contributed by atoms with Gasteiger partial charge < -0.3 is 4.84 Å². The molecule has 0 atom stereocenters. The van der Waals surface area contributed by atoms with Crippen molar-refractivity contribution in [3.8, 4) is 23.4 Å². The fraction of sp³-hybridized carbons (Fsp3) is 0.0714. The van der Waals surface area contributed by atoms with Crippen LogP contribution in [0.5, 0.6) is 0 Å². The van der Waals surface area contributed by atoms with Crippen molar-refractivity contribution in [2.75, 3.05) is 7.11 Å². The van der Waals surface area contributed by atoms with Crippen LogP contribution in [0.3, 0.4) is 0 Å². The Kier molecular flexibility index (Phi) is 2.63. The summed E-state index contributed by atoms with van der Waals surface area (Å²) in [6, 6.07) is 11.2. The second-order valence-electron chi connectivity index (χ2n) is 4.01. The zero-order valence-electron chi connectivity index (χ0n) is 10.5. The van der Waals surface area contributed by atoms with Crippen molar-refractivity contribution in [2.45, 2.75) is 0 Å². The minimum absolute atomic E-state index is 0.0112. The monoisotopic (exact) mass is 261 g/mol. The highest BCUT2D eigenvalue weighted by atomic mass is 16.6. The maximum absolute atomic E-state index is 9.04. The van der Waals surface area contributed by atoms with E-state index in [0.717, 1.165) is 11.1 Å². The van der Waals surface area contributed by atoms with Gasteiger partial charge in [0.05, 0.1) is 0 Å². The molecule has 0 saturated carbocycles. The van der Waals surface area contributed by atoms with E-state index >= 15 is 0 Å². The molecule has 0 N–H and O–H groups in total. The van der Waals surface area contributed by atoms with Crippen LogP contribution in [0.25, 0.3) is 11.3 Å². The topological polar surface area (TPSA) is 95.0 Å². The predicted octanol–water partition coefficient (Wildman–Crippen LogP) is 1.60. The fourth-order valence-electron chi connectivity index (χ4n) is 2.15. The molecule has 6 nitrogen and oxygen atoms in total. The summed E-state index contributed by atoms with van der Waals surface area (Å²) in [6.07, 6.45) is 0. The molecule has 1 aliphatic carbocycles. The molecule has 94 valence electrons. The molecule has 1 aromatic carbocycles. The molecule has 20 heavy (non-hydrogen) atoms. The highest BCUT2D eigenvalue weighted by molar-refractivity contribution is 6.22.